The van der Waals surface area contributed by atoms with Gasteiger partial charge in [-0.1, -0.05) is 115 Å². The lowest BCUT2D eigenvalue weighted by Crippen LogP contribution is -2.14. The third kappa shape index (κ3) is 3.87. The molecule has 3 nitrogen and oxygen atoms in total. The minimum Gasteiger partial charge on any atom is -0.309 e. The summed E-state index contributed by atoms with van der Waals surface area (Å²) < 4.78 is 4.91. The molecule has 0 fully saturated rings. The first-order valence-electron chi connectivity index (χ1n) is 17.1. The highest BCUT2D eigenvalue weighted by molar-refractivity contribution is 6.16. The standard InChI is InChI=1S/C47H29N3/c1-2-12-33(13-3-1)48(34-14-4-5-15-34)35-28-36-30-37(29-35)50-45-21-11-9-19-41(45)43-25-23-32(27-47(43)50)39-17-7-6-16-38(39)31-22-24-42-40-18-8-10-20-44(40)49(36)46(42)26-31/h1-14,16-30H. The lowest BCUT2D eigenvalue weighted by atomic mass is 10.0. The zero-order valence-corrected chi connectivity index (χ0v) is 27.1. The van der Waals surface area contributed by atoms with Gasteiger partial charge in [0.15, 0.2) is 0 Å². The molecule has 0 saturated heterocycles. The first-order valence-corrected chi connectivity index (χ1v) is 17.1. The van der Waals surface area contributed by atoms with E-state index in [0.29, 0.717) is 0 Å². The van der Waals surface area contributed by atoms with Crippen LogP contribution in [0.25, 0.3) is 76.2 Å². The van der Waals surface area contributed by atoms with E-state index in [1.54, 1.807) is 0 Å². The predicted molar refractivity (Wildman–Crippen MR) is 212 cm³/mol. The number of anilines is 2. The average molecular weight is 636 g/mol. The van der Waals surface area contributed by atoms with Crippen LogP contribution >= 0.6 is 0 Å². The second-order valence-electron chi connectivity index (χ2n) is 13.1. The van der Waals surface area contributed by atoms with Gasteiger partial charge in [-0.05, 0) is 88.3 Å². The van der Waals surface area contributed by atoms with E-state index in [1.807, 2.05) is 6.08 Å². The van der Waals surface area contributed by atoms with E-state index < -0.39 is 0 Å². The van der Waals surface area contributed by atoms with Crippen LogP contribution in [0.15, 0.2) is 187 Å². The molecule has 1 aliphatic carbocycles. The Morgan fingerprint density at radius 3 is 1.44 bits per heavy atom. The molecule has 0 saturated carbocycles. The van der Waals surface area contributed by atoms with Crippen LogP contribution in [-0.2, 0) is 0 Å². The highest BCUT2D eigenvalue weighted by Crippen LogP contribution is 2.39. The number of aromatic nitrogens is 2. The number of fused-ring (bicyclic) bond motifs is 15. The summed E-state index contributed by atoms with van der Waals surface area (Å²) in [4.78, 5) is 2.32. The van der Waals surface area contributed by atoms with Crippen molar-refractivity contribution in [2.45, 2.75) is 0 Å². The molecule has 11 rings (SSSR count). The van der Waals surface area contributed by atoms with E-state index in [0.717, 1.165) is 28.1 Å². The van der Waals surface area contributed by atoms with Crippen molar-refractivity contribution in [3.05, 3.63) is 187 Å². The van der Waals surface area contributed by atoms with Crippen molar-refractivity contribution in [3.63, 3.8) is 0 Å². The Labute approximate surface area is 287 Å². The Balaban J connectivity index is 1.46. The lowest BCUT2D eigenvalue weighted by Gasteiger charge is -2.25. The van der Waals surface area contributed by atoms with Gasteiger partial charge in [0, 0.05) is 27.2 Å². The van der Waals surface area contributed by atoms with Crippen molar-refractivity contribution in [3.8, 4) is 0 Å². The molecule has 50 heavy (non-hydrogen) atoms. The largest absolute Gasteiger partial charge is 0.309 e. The van der Waals surface area contributed by atoms with Crippen LogP contribution in [0, 0.1) is 0 Å². The molecule has 0 radical (unpaired) electrons. The summed E-state index contributed by atoms with van der Waals surface area (Å²) in [7, 11) is 0. The van der Waals surface area contributed by atoms with Crippen molar-refractivity contribution in [2.75, 3.05) is 4.90 Å². The molecule has 3 aromatic heterocycles. The third-order valence-corrected chi connectivity index (χ3v) is 10.4. The normalized spacial score (nSPS) is 12.8. The van der Waals surface area contributed by atoms with E-state index in [1.165, 1.54) is 65.2 Å². The van der Waals surface area contributed by atoms with Gasteiger partial charge in [-0.2, -0.15) is 0 Å². The van der Waals surface area contributed by atoms with E-state index >= 15 is 0 Å². The van der Waals surface area contributed by atoms with Crippen LogP contribution in [0.1, 0.15) is 0 Å². The minimum absolute atomic E-state index is 1.00. The predicted octanol–water partition coefficient (Wildman–Crippen LogP) is 12.4. The van der Waals surface area contributed by atoms with Gasteiger partial charge in [-0.25, -0.2) is 0 Å². The Hall–Kier alpha value is -6.80. The molecular formula is C47H29N3. The Kier molecular flexibility index (Phi) is 5.63. The molecule has 0 N–H and O–H groups in total. The summed E-state index contributed by atoms with van der Waals surface area (Å²) in [6.45, 7) is 0. The van der Waals surface area contributed by atoms with Crippen LogP contribution in [0.2, 0.25) is 0 Å². The van der Waals surface area contributed by atoms with Crippen LogP contribution in [0.3, 0.4) is 0 Å². The first-order chi connectivity index (χ1) is 24.8. The number of para-hydroxylation sites is 3. The molecule has 0 amide bonds. The van der Waals surface area contributed by atoms with E-state index in [9.17, 15) is 0 Å². The number of nitrogens with zero attached hydrogens (tertiary/aromatic N) is 3. The maximum absolute atomic E-state index is 3.51. The zero-order valence-electron chi connectivity index (χ0n) is 27.1. The fraction of sp³-hybridized carbons (Fsp3) is 0. The van der Waals surface area contributed by atoms with Gasteiger partial charge in [0.05, 0.1) is 44.5 Å². The summed E-state index contributed by atoms with van der Waals surface area (Å²) >= 11 is 0. The Bertz CT molecular complexity index is 3010. The SMILES string of the molecule is C1=CC=CC=1N(c1ccccc1)c1cc2cc(c1)n1c3ccccc3c3ccc(cc31)c1ccccc1c1ccc3c4ccccc4n2c3c1. The van der Waals surface area contributed by atoms with Crippen molar-refractivity contribution in [2.24, 2.45) is 0 Å². The van der Waals surface area contributed by atoms with Crippen molar-refractivity contribution >= 4 is 87.6 Å². The molecule has 10 aromatic rings. The number of hydrogen-bond acceptors (Lipinski definition) is 1. The van der Waals surface area contributed by atoms with Crippen molar-refractivity contribution in [1.29, 1.82) is 0 Å². The van der Waals surface area contributed by atoms with Crippen molar-refractivity contribution in [1.82, 2.24) is 8.80 Å². The number of allylic oxidation sites excluding steroid dienone is 2. The summed E-state index contributed by atoms with van der Waals surface area (Å²) in [6, 6.07) is 58.0. The fourth-order valence-electron chi connectivity index (χ4n) is 8.25. The molecule has 7 aromatic carbocycles. The molecule has 3 heterocycles. The van der Waals surface area contributed by atoms with Gasteiger partial charge in [-0.15, -0.1) is 0 Å². The summed E-state index contributed by atoms with van der Waals surface area (Å²) in [5, 5.41) is 9.80. The van der Waals surface area contributed by atoms with Gasteiger partial charge in [0.1, 0.15) is 0 Å². The van der Waals surface area contributed by atoms with Crippen LogP contribution in [0.5, 0.6) is 0 Å². The Morgan fingerprint density at radius 2 is 0.900 bits per heavy atom. The number of hydrogen-bond donors (Lipinski definition) is 0. The molecule has 6 bridgehead atoms. The maximum Gasteiger partial charge on any atom is 0.0890 e. The van der Waals surface area contributed by atoms with Gasteiger partial charge in [0.25, 0.3) is 0 Å². The quantitative estimate of drug-likeness (QED) is 0.176. The zero-order chi connectivity index (χ0) is 32.8. The molecule has 0 aliphatic heterocycles. The monoisotopic (exact) mass is 635 g/mol. The topological polar surface area (TPSA) is 12.1 Å². The molecule has 1 aliphatic rings. The molecular weight excluding hydrogens is 607 g/mol. The van der Waals surface area contributed by atoms with Gasteiger partial charge >= 0.3 is 0 Å². The molecule has 0 unspecified atom stereocenters. The first kappa shape index (κ1) is 27.2. The van der Waals surface area contributed by atoms with Gasteiger partial charge < -0.3 is 13.7 Å². The van der Waals surface area contributed by atoms with Crippen LogP contribution in [-0.4, -0.2) is 8.80 Å². The third-order valence-electron chi connectivity index (χ3n) is 10.4. The second-order valence-corrected chi connectivity index (χ2v) is 13.1. The molecule has 3 heteroatoms. The smallest absolute Gasteiger partial charge is 0.0890 e. The fourth-order valence-corrected chi connectivity index (χ4v) is 8.25. The van der Waals surface area contributed by atoms with E-state index in [2.05, 4.69) is 189 Å². The number of rotatable bonds is 3. The lowest BCUT2D eigenvalue weighted by molar-refractivity contribution is 1.21. The highest BCUT2D eigenvalue weighted by atomic mass is 15.1. The van der Waals surface area contributed by atoms with Crippen LogP contribution < -0.4 is 4.90 Å². The Morgan fingerprint density at radius 1 is 0.400 bits per heavy atom. The summed E-state index contributed by atoms with van der Waals surface area (Å²) in [6.07, 6.45) is 6.19. The maximum atomic E-state index is 3.51. The molecule has 232 valence electrons. The number of benzene rings is 7. The highest BCUT2D eigenvalue weighted by Gasteiger charge is 2.18. The minimum atomic E-state index is 1.00. The summed E-state index contributed by atoms with van der Waals surface area (Å²) in [5.41, 5.74) is 13.6. The van der Waals surface area contributed by atoms with Crippen molar-refractivity contribution < 1.29 is 0 Å². The average Bonchev–Trinajstić information content (AvgIpc) is 3.90. The van der Waals surface area contributed by atoms with Gasteiger partial charge in [0.2, 0.25) is 0 Å². The van der Waals surface area contributed by atoms with Gasteiger partial charge in [-0.3, -0.25) is 0 Å². The van der Waals surface area contributed by atoms with E-state index in [4.69, 9.17) is 0 Å². The van der Waals surface area contributed by atoms with E-state index in [-0.39, 0.29) is 0 Å². The summed E-state index contributed by atoms with van der Waals surface area (Å²) in [5.74, 6) is 0. The molecule has 0 atom stereocenters. The second kappa shape index (κ2) is 10.3. The molecule has 0 spiro atoms. The van der Waals surface area contributed by atoms with Crippen LogP contribution in [0.4, 0.5) is 11.4 Å².